The highest BCUT2D eigenvalue weighted by atomic mass is 32.2. The quantitative estimate of drug-likeness (QED) is 0.706. The first kappa shape index (κ1) is 14.2. The lowest BCUT2D eigenvalue weighted by molar-refractivity contribution is 0.149. The normalized spacial score (nSPS) is 18.5. The lowest BCUT2D eigenvalue weighted by Gasteiger charge is -2.35. The third kappa shape index (κ3) is 3.10. The van der Waals surface area contributed by atoms with Crippen molar-refractivity contribution >= 4 is 16.1 Å². The molecule has 1 aliphatic rings. The van der Waals surface area contributed by atoms with E-state index in [0.717, 1.165) is 0 Å². The Hall–Kier alpha value is -0.820. The molecule has 100 valence electrons. The number of urea groups is 1. The number of hydrogen-bond acceptors (Lipinski definition) is 3. The van der Waals surface area contributed by atoms with Crippen molar-refractivity contribution in [3.05, 3.63) is 0 Å². The zero-order valence-corrected chi connectivity index (χ0v) is 11.7. The third-order valence-corrected chi connectivity index (χ3v) is 5.12. The van der Waals surface area contributed by atoms with E-state index in [4.69, 9.17) is 0 Å². The summed E-state index contributed by atoms with van der Waals surface area (Å²) in [6.07, 6.45) is 0. The van der Waals surface area contributed by atoms with Gasteiger partial charge in [0.05, 0.1) is 5.25 Å². The van der Waals surface area contributed by atoms with Crippen LogP contribution in [0.25, 0.3) is 0 Å². The summed E-state index contributed by atoms with van der Waals surface area (Å²) >= 11 is 0. The Labute approximate surface area is 103 Å². The van der Waals surface area contributed by atoms with Gasteiger partial charge in [-0.15, -0.1) is 0 Å². The summed E-state index contributed by atoms with van der Waals surface area (Å²) in [6.45, 7) is 5.05. The van der Waals surface area contributed by atoms with E-state index in [2.05, 4.69) is 0 Å². The van der Waals surface area contributed by atoms with E-state index in [1.807, 2.05) is 0 Å². The number of piperazine rings is 1. The molecule has 7 heteroatoms. The number of carbonyl (C=O) groups excluding carboxylic acids is 1. The molecule has 1 aliphatic heterocycles. The first-order valence-corrected chi connectivity index (χ1v) is 7.22. The highest BCUT2D eigenvalue weighted by molar-refractivity contribution is 7.89. The molecule has 2 amide bonds. The minimum atomic E-state index is -3.19. The standard InChI is InChI=1S/C10H21N3O3S/c1-9(2)17(15,16)13-7-5-12(6-8-13)10(14)11(3)4/h9H,5-8H2,1-4H3. The molecule has 0 aromatic heterocycles. The molecule has 0 atom stereocenters. The molecule has 1 rings (SSSR count). The van der Waals surface area contributed by atoms with E-state index in [-0.39, 0.29) is 6.03 Å². The second-order valence-electron chi connectivity index (χ2n) is 4.66. The molecule has 0 aliphatic carbocycles. The van der Waals surface area contributed by atoms with E-state index in [0.29, 0.717) is 26.2 Å². The van der Waals surface area contributed by atoms with Crippen molar-refractivity contribution in [3.63, 3.8) is 0 Å². The molecule has 0 unspecified atom stereocenters. The van der Waals surface area contributed by atoms with Crippen LogP contribution >= 0.6 is 0 Å². The molecule has 0 saturated carbocycles. The molecule has 17 heavy (non-hydrogen) atoms. The lowest BCUT2D eigenvalue weighted by Crippen LogP contribution is -2.53. The first-order valence-electron chi connectivity index (χ1n) is 5.72. The predicted molar refractivity (Wildman–Crippen MR) is 66.3 cm³/mol. The average Bonchev–Trinajstić information content (AvgIpc) is 2.27. The zero-order valence-electron chi connectivity index (χ0n) is 10.9. The number of nitrogens with zero attached hydrogens (tertiary/aromatic N) is 3. The Morgan fingerprint density at radius 1 is 1.12 bits per heavy atom. The molecular weight excluding hydrogens is 242 g/mol. The molecule has 0 spiro atoms. The molecule has 0 bridgehead atoms. The lowest BCUT2D eigenvalue weighted by atomic mass is 10.4. The summed E-state index contributed by atoms with van der Waals surface area (Å²) < 4.78 is 25.3. The van der Waals surface area contributed by atoms with E-state index in [9.17, 15) is 13.2 Å². The van der Waals surface area contributed by atoms with Crippen molar-refractivity contribution < 1.29 is 13.2 Å². The Bertz CT molecular complexity index is 370. The summed E-state index contributed by atoms with van der Waals surface area (Å²) in [5.74, 6) is 0. The molecule has 1 heterocycles. The van der Waals surface area contributed by atoms with Gasteiger partial charge in [0.15, 0.2) is 0 Å². The van der Waals surface area contributed by atoms with Crippen LogP contribution in [-0.2, 0) is 10.0 Å². The SMILES string of the molecule is CC(C)S(=O)(=O)N1CCN(C(=O)N(C)C)CC1. The fourth-order valence-electron chi connectivity index (χ4n) is 1.71. The van der Waals surface area contributed by atoms with Gasteiger partial charge in [0.2, 0.25) is 10.0 Å². The average molecular weight is 263 g/mol. The molecular formula is C10H21N3O3S. The van der Waals surface area contributed by atoms with Gasteiger partial charge in [-0.25, -0.2) is 13.2 Å². The predicted octanol–water partition coefficient (Wildman–Crippen LogP) is 0.0238. The number of carbonyl (C=O) groups is 1. The van der Waals surface area contributed by atoms with Crippen LogP contribution in [0.4, 0.5) is 4.79 Å². The second-order valence-corrected chi connectivity index (χ2v) is 7.15. The summed E-state index contributed by atoms with van der Waals surface area (Å²) in [5.41, 5.74) is 0. The van der Waals surface area contributed by atoms with Crippen LogP contribution in [0.1, 0.15) is 13.8 Å². The number of rotatable bonds is 2. The molecule has 1 saturated heterocycles. The summed E-state index contributed by atoms with van der Waals surface area (Å²) in [7, 11) is 0.200. The van der Waals surface area contributed by atoms with E-state index < -0.39 is 15.3 Å². The monoisotopic (exact) mass is 263 g/mol. The van der Waals surface area contributed by atoms with Crippen molar-refractivity contribution in [2.45, 2.75) is 19.1 Å². The minimum Gasteiger partial charge on any atom is -0.331 e. The first-order chi connectivity index (χ1) is 7.76. The molecule has 0 N–H and O–H groups in total. The summed E-state index contributed by atoms with van der Waals surface area (Å²) in [5, 5.41) is -0.404. The van der Waals surface area contributed by atoms with Crippen LogP contribution in [-0.4, -0.2) is 74.1 Å². The molecule has 1 fully saturated rings. The third-order valence-electron chi connectivity index (χ3n) is 2.85. The maximum absolute atomic E-state index is 11.9. The Balaban J connectivity index is 2.61. The van der Waals surface area contributed by atoms with E-state index in [1.165, 1.54) is 9.21 Å². The van der Waals surface area contributed by atoms with Gasteiger partial charge in [-0.1, -0.05) is 0 Å². The molecule has 0 aromatic rings. The maximum atomic E-state index is 11.9. The van der Waals surface area contributed by atoms with Crippen LogP contribution in [0, 0.1) is 0 Å². The second kappa shape index (κ2) is 5.22. The van der Waals surface area contributed by atoms with Gasteiger partial charge in [-0.2, -0.15) is 4.31 Å². The van der Waals surface area contributed by atoms with Gasteiger partial charge in [-0.3, -0.25) is 0 Å². The van der Waals surface area contributed by atoms with Gasteiger partial charge in [0.1, 0.15) is 0 Å². The number of amides is 2. The smallest absolute Gasteiger partial charge is 0.319 e. The fourth-order valence-corrected chi connectivity index (χ4v) is 2.98. The zero-order chi connectivity index (χ0) is 13.2. The Kier molecular flexibility index (Phi) is 4.37. The number of sulfonamides is 1. The van der Waals surface area contributed by atoms with Gasteiger partial charge >= 0.3 is 6.03 Å². The van der Waals surface area contributed by atoms with Gasteiger partial charge in [0, 0.05) is 40.3 Å². The summed E-state index contributed by atoms with van der Waals surface area (Å²) in [6, 6.07) is -0.0633. The van der Waals surface area contributed by atoms with Crippen LogP contribution in [0.2, 0.25) is 0 Å². The van der Waals surface area contributed by atoms with Crippen LogP contribution in [0.3, 0.4) is 0 Å². The van der Waals surface area contributed by atoms with Crippen LogP contribution in [0.15, 0.2) is 0 Å². The van der Waals surface area contributed by atoms with Crippen molar-refractivity contribution in [1.82, 2.24) is 14.1 Å². The van der Waals surface area contributed by atoms with Crippen molar-refractivity contribution in [2.75, 3.05) is 40.3 Å². The Morgan fingerprint density at radius 2 is 1.59 bits per heavy atom. The maximum Gasteiger partial charge on any atom is 0.319 e. The molecule has 6 nitrogen and oxygen atoms in total. The fraction of sp³-hybridized carbons (Fsp3) is 0.900. The van der Waals surface area contributed by atoms with Gasteiger partial charge in [-0.05, 0) is 13.8 Å². The Morgan fingerprint density at radius 3 is 1.94 bits per heavy atom. The van der Waals surface area contributed by atoms with E-state index >= 15 is 0 Å². The topological polar surface area (TPSA) is 60.9 Å². The molecule has 0 radical (unpaired) electrons. The highest BCUT2D eigenvalue weighted by Gasteiger charge is 2.30. The highest BCUT2D eigenvalue weighted by Crippen LogP contribution is 2.12. The number of hydrogen-bond donors (Lipinski definition) is 0. The van der Waals surface area contributed by atoms with Crippen molar-refractivity contribution in [2.24, 2.45) is 0 Å². The van der Waals surface area contributed by atoms with Gasteiger partial charge < -0.3 is 9.80 Å². The van der Waals surface area contributed by atoms with Crippen molar-refractivity contribution in [3.8, 4) is 0 Å². The molecule has 0 aromatic carbocycles. The van der Waals surface area contributed by atoms with E-state index in [1.54, 1.807) is 32.8 Å². The van der Waals surface area contributed by atoms with Crippen LogP contribution < -0.4 is 0 Å². The summed E-state index contributed by atoms with van der Waals surface area (Å²) in [4.78, 5) is 14.9. The largest absolute Gasteiger partial charge is 0.331 e. The van der Waals surface area contributed by atoms with Crippen LogP contribution in [0.5, 0.6) is 0 Å². The van der Waals surface area contributed by atoms with Crippen molar-refractivity contribution in [1.29, 1.82) is 0 Å². The van der Waals surface area contributed by atoms with Gasteiger partial charge in [0.25, 0.3) is 0 Å². The minimum absolute atomic E-state index is 0.0633.